The topological polar surface area (TPSA) is 169 Å². The highest BCUT2D eigenvalue weighted by Gasteiger charge is 2.41. The number of aryl methyl sites for hydroxylation is 3. The Morgan fingerprint density at radius 2 is 1.40 bits per heavy atom. The SMILES string of the molecule is CC1=NNC2[C@H](CC(=O)NCCOCCOCCOCCOCCOCCNc3cccc(C(=O)Nc4nc(C)c(C)s4)c3C)N=C(c3ccc(Cl)cc3)c3c(sc(C)c3C)N12. The van der Waals surface area contributed by atoms with E-state index in [2.05, 4.69) is 50.2 Å². The Balaban J connectivity index is 0.772. The van der Waals surface area contributed by atoms with E-state index in [4.69, 9.17) is 40.3 Å². The van der Waals surface area contributed by atoms with Crippen molar-refractivity contribution in [3.63, 3.8) is 0 Å². The van der Waals surface area contributed by atoms with Gasteiger partial charge in [0.15, 0.2) is 5.13 Å². The summed E-state index contributed by atoms with van der Waals surface area (Å²) in [7, 11) is 0. The van der Waals surface area contributed by atoms with Gasteiger partial charge in [-0.05, 0) is 76.9 Å². The van der Waals surface area contributed by atoms with Gasteiger partial charge < -0.3 is 34.3 Å². The quantitative estimate of drug-likeness (QED) is 0.0557. The van der Waals surface area contributed by atoms with Gasteiger partial charge in [0.05, 0.1) is 89.9 Å². The maximum atomic E-state index is 13.2. The van der Waals surface area contributed by atoms with E-state index >= 15 is 0 Å². The molecule has 0 fully saturated rings. The Kier molecular flexibility index (Phi) is 17.7. The van der Waals surface area contributed by atoms with Crippen molar-refractivity contribution in [1.82, 2.24) is 15.7 Å². The zero-order valence-corrected chi connectivity index (χ0v) is 38.6. The highest BCUT2D eigenvalue weighted by atomic mass is 35.5. The summed E-state index contributed by atoms with van der Waals surface area (Å²) in [4.78, 5) is 40.2. The summed E-state index contributed by atoms with van der Waals surface area (Å²) in [5.41, 5.74) is 10.5. The molecule has 4 N–H and O–H groups in total. The van der Waals surface area contributed by atoms with Crippen LogP contribution in [0, 0.1) is 34.6 Å². The highest BCUT2D eigenvalue weighted by molar-refractivity contribution is 7.17. The van der Waals surface area contributed by atoms with Gasteiger partial charge in [-0.2, -0.15) is 5.10 Å². The molecule has 15 nitrogen and oxygen atoms in total. The Hall–Kier alpha value is -4.46. The number of nitrogens with one attached hydrogen (secondary N) is 4. The summed E-state index contributed by atoms with van der Waals surface area (Å²) in [5, 5.41) is 16.1. The molecule has 2 aliphatic heterocycles. The first-order valence-electron chi connectivity index (χ1n) is 20.8. The first-order chi connectivity index (χ1) is 30.0. The summed E-state index contributed by atoms with van der Waals surface area (Å²) in [6, 6.07) is 12.9. The number of fused-ring (bicyclic) bond motifs is 3. The van der Waals surface area contributed by atoms with Crippen LogP contribution in [0.4, 0.5) is 15.8 Å². The van der Waals surface area contributed by atoms with E-state index in [1.165, 1.54) is 21.8 Å². The number of thiophene rings is 1. The van der Waals surface area contributed by atoms with Crippen LogP contribution in [0.2, 0.25) is 5.02 Å². The van der Waals surface area contributed by atoms with Gasteiger partial charge >= 0.3 is 0 Å². The molecule has 1 unspecified atom stereocenters. The number of ether oxygens (including phenoxy) is 5. The van der Waals surface area contributed by atoms with E-state index in [-0.39, 0.29) is 24.4 Å². The van der Waals surface area contributed by atoms with Crippen LogP contribution >= 0.6 is 34.3 Å². The van der Waals surface area contributed by atoms with E-state index in [1.807, 2.05) is 70.2 Å². The third-order valence-electron chi connectivity index (χ3n) is 10.4. The number of carbonyl (C=O) groups excluding carboxylic acids is 2. The molecule has 62 heavy (non-hydrogen) atoms. The van der Waals surface area contributed by atoms with Crippen molar-refractivity contribution in [1.29, 1.82) is 0 Å². The molecule has 4 aromatic rings. The molecule has 2 amide bonds. The Morgan fingerprint density at radius 1 is 0.774 bits per heavy atom. The van der Waals surface area contributed by atoms with Crippen molar-refractivity contribution in [3.05, 3.63) is 90.8 Å². The van der Waals surface area contributed by atoms with Crippen LogP contribution in [0.5, 0.6) is 0 Å². The number of halogens is 1. The number of hydrogen-bond donors (Lipinski definition) is 4. The zero-order valence-electron chi connectivity index (χ0n) is 36.2. The number of nitrogens with zero attached hydrogens (tertiary/aromatic N) is 4. The van der Waals surface area contributed by atoms with E-state index in [0.29, 0.717) is 94.9 Å². The number of amides is 2. The van der Waals surface area contributed by atoms with Crippen LogP contribution in [-0.4, -0.2) is 120 Å². The second kappa shape index (κ2) is 23.3. The molecule has 2 aromatic carbocycles. The number of anilines is 3. The molecule has 0 saturated carbocycles. The molecule has 0 aliphatic carbocycles. The van der Waals surface area contributed by atoms with Gasteiger partial charge in [0, 0.05) is 50.2 Å². The fourth-order valence-electron chi connectivity index (χ4n) is 6.87. The lowest BCUT2D eigenvalue weighted by atomic mass is 9.99. The molecule has 2 aliphatic rings. The molecule has 0 bridgehead atoms. The Morgan fingerprint density at radius 3 is 2.03 bits per heavy atom. The minimum Gasteiger partial charge on any atom is -0.382 e. The first-order valence-corrected chi connectivity index (χ1v) is 22.8. The Labute approximate surface area is 376 Å². The zero-order chi connectivity index (χ0) is 44.0. The third-order valence-corrected chi connectivity index (χ3v) is 12.9. The van der Waals surface area contributed by atoms with E-state index in [9.17, 15) is 9.59 Å². The standard InChI is InChI=1S/C44H57ClN8O7S2/c1-27-30(4)61-43-39(27)40(33-10-12-34(45)13-11-33)49-37(41-52-51-32(6)53(41)43)26-38(54)47-15-17-57-19-21-59-23-25-60-24-22-58-20-18-56-16-14-46-36-9-7-8-35(28(36)2)42(55)50-44-48-29(3)31(5)62-44/h7-13,37,41,46,52H,14-26H2,1-6H3,(H,47,54)(H,48,50,55)/t37-,41?/m0/s1. The van der Waals surface area contributed by atoms with Gasteiger partial charge in [0.25, 0.3) is 5.91 Å². The largest absolute Gasteiger partial charge is 0.382 e. The second-order valence-electron chi connectivity index (χ2n) is 14.8. The lowest BCUT2D eigenvalue weighted by Crippen LogP contribution is -2.48. The summed E-state index contributed by atoms with van der Waals surface area (Å²) < 4.78 is 28.2. The van der Waals surface area contributed by atoms with Crippen LogP contribution in [0.25, 0.3) is 0 Å². The molecule has 6 rings (SSSR count). The van der Waals surface area contributed by atoms with Gasteiger partial charge in [0.1, 0.15) is 17.0 Å². The molecule has 2 atom stereocenters. The molecule has 4 heterocycles. The summed E-state index contributed by atoms with van der Waals surface area (Å²) in [5.74, 6) is 0.542. The van der Waals surface area contributed by atoms with Crippen molar-refractivity contribution >= 4 is 73.5 Å². The van der Waals surface area contributed by atoms with Crippen molar-refractivity contribution < 1.29 is 33.3 Å². The number of carbonyl (C=O) groups is 2. The first kappa shape index (κ1) is 47.0. The number of aromatic nitrogens is 1. The fraction of sp³-hybridized carbons (Fsp3) is 0.477. The lowest BCUT2D eigenvalue weighted by molar-refractivity contribution is -0.121. The van der Waals surface area contributed by atoms with Crippen LogP contribution in [0.3, 0.4) is 0 Å². The average molecular weight is 910 g/mol. The monoisotopic (exact) mass is 908 g/mol. The number of hydrogen-bond acceptors (Lipinski definition) is 15. The summed E-state index contributed by atoms with van der Waals surface area (Å²) >= 11 is 9.41. The normalized spacial score (nSPS) is 15.6. The van der Waals surface area contributed by atoms with Gasteiger partial charge in [-0.1, -0.05) is 29.8 Å². The van der Waals surface area contributed by atoms with Gasteiger partial charge in [-0.25, -0.2) is 4.98 Å². The van der Waals surface area contributed by atoms with Gasteiger partial charge in [-0.15, -0.1) is 22.7 Å². The number of hydrazone groups is 1. The second-order valence-corrected chi connectivity index (χ2v) is 17.6. The maximum absolute atomic E-state index is 13.2. The molecule has 334 valence electrons. The minimum absolute atomic E-state index is 0.115. The third kappa shape index (κ3) is 12.6. The molecule has 0 radical (unpaired) electrons. The lowest BCUT2D eigenvalue weighted by Gasteiger charge is -2.28. The Bertz CT molecular complexity index is 2180. The van der Waals surface area contributed by atoms with E-state index < -0.39 is 6.04 Å². The van der Waals surface area contributed by atoms with Crippen molar-refractivity contribution in [2.75, 3.05) is 94.7 Å². The van der Waals surface area contributed by atoms with Crippen LogP contribution < -0.4 is 26.3 Å². The van der Waals surface area contributed by atoms with Crippen LogP contribution in [-0.2, 0) is 28.5 Å². The number of aliphatic imine (C=N–C) groups is 1. The minimum atomic E-state index is -0.398. The summed E-state index contributed by atoms with van der Waals surface area (Å²) in [6.45, 7) is 17.4. The van der Waals surface area contributed by atoms with E-state index in [0.717, 1.165) is 49.5 Å². The number of benzene rings is 2. The maximum Gasteiger partial charge on any atom is 0.257 e. The molecule has 0 spiro atoms. The van der Waals surface area contributed by atoms with Crippen LogP contribution in [0.1, 0.15) is 61.4 Å². The van der Waals surface area contributed by atoms with E-state index in [1.54, 1.807) is 11.3 Å². The predicted octanol–water partition coefficient (Wildman–Crippen LogP) is 6.64. The average Bonchev–Trinajstić information content (AvgIpc) is 3.86. The number of thiazole rings is 1. The molecular formula is C44H57ClN8O7S2. The van der Waals surface area contributed by atoms with Crippen molar-refractivity contribution in [2.45, 2.75) is 60.2 Å². The predicted molar refractivity (Wildman–Crippen MR) is 248 cm³/mol. The van der Waals surface area contributed by atoms with Crippen LogP contribution in [0.15, 0.2) is 52.6 Å². The molecular weight excluding hydrogens is 852 g/mol. The van der Waals surface area contributed by atoms with Gasteiger partial charge in [-0.3, -0.25) is 30.2 Å². The van der Waals surface area contributed by atoms with Gasteiger partial charge in [0.2, 0.25) is 5.91 Å². The van der Waals surface area contributed by atoms with Crippen molar-refractivity contribution in [3.8, 4) is 0 Å². The highest BCUT2D eigenvalue weighted by Crippen LogP contribution is 2.42. The number of rotatable bonds is 24. The molecule has 2 aromatic heterocycles. The summed E-state index contributed by atoms with van der Waals surface area (Å²) in [6.07, 6.45) is -0.115. The fourth-order valence-corrected chi connectivity index (χ4v) is 9.05. The number of amidine groups is 1. The molecule has 0 saturated heterocycles. The molecule has 18 heteroatoms. The smallest absolute Gasteiger partial charge is 0.257 e. The van der Waals surface area contributed by atoms with Crippen molar-refractivity contribution in [2.24, 2.45) is 10.1 Å².